The number of rotatable bonds is 4. The van der Waals surface area contributed by atoms with Gasteiger partial charge in [-0.05, 0) is 49.8 Å². The Morgan fingerprint density at radius 3 is 2.82 bits per heavy atom. The minimum atomic E-state index is -0.513. The van der Waals surface area contributed by atoms with E-state index in [1.54, 1.807) is 6.08 Å². The van der Waals surface area contributed by atoms with Gasteiger partial charge in [0.2, 0.25) is 0 Å². The van der Waals surface area contributed by atoms with Gasteiger partial charge in [-0.15, -0.1) is 0 Å². The molecular weight excluding hydrogens is 352 g/mol. The molecule has 0 radical (unpaired) electrons. The van der Waals surface area contributed by atoms with E-state index in [1.165, 1.54) is 31.8 Å². The largest absolute Gasteiger partial charge is 0.452 e. The maximum atomic E-state index is 12.6. The first kappa shape index (κ1) is 18.7. The van der Waals surface area contributed by atoms with Gasteiger partial charge in [-0.2, -0.15) is 0 Å². The Kier molecular flexibility index (Phi) is 5.70. The van der Waals surface area contributed by atoms with Crippen molar-refractivity contribution in [2.45, 2.75) is 44.6 Å². The van der Waals surface area contributed by atoms with Crippen LogP contribution in [0.15, 0.2) is 42.5 Å². The molecule has 0 unspecified atom stereocenters. The first-order chi connectivity index (χ1) is 13.7. The van der Waals surface area contributed by atoms with Crippen molar-refractivity contribution in [2.75, 3.05) is 13.2 Å². The van der Waals surface area contributed by atoms with Crippen LogP contribution < -0.4 is 0 Å². The summed E-state index contributed by atoms with van der Waals surface area (Å²) in [6.45, 7) is 0.603. The van der Waals surface area contributed by atoms with E-state index in [0.717, 1.165) is 30.3 Å². The fourth-order valence-corrected chi connectivity index (χ4v) is 4.53. The van der Waals surface area contributed by atoms with Crippen molar-refractivity contribution in [1.82, 2.24) is 9.88 Å². The Labute approximate surface area is 165 Å². The number of likely N-dealkylation sites (tertiary alicyclic amines) is 1. The number of aromatic nitrogens is 1. The van der Waals surface area contributed by atoms with Gasteiger partial charge in [-0.3, -0.25) is 4.79 Å². The SMILES string of the molecule is O=C(/C=C/c1ccc2ccccc2n1)OCC(=O)N1CCC[C@H]2CCCC[C@H]21. The van der Waals surface area contributed by atoms with Gasteiger partial charge in [0.05, 0.1) is 11.2 Å². The second kappa shape index (κ2) is 8.55. The van der Waals surface area contributed by atoms with Gasteiger partial charge < -0.3 is 9.64 Å². The fourth-order valence-electron chi connectivity index (χ4n) is 4.53. The molecule has 2 atom stereocenters. The number of fused-ring (bicyclic) bond motifs is 2. The second-order valence-electron chi connectivity index (χ2n) is 7.71. The Balaban J connectivity index is 1.32. The zero-order valence-corrected chi connectivity index (χ0v) is 16.0. The molecule has 1 aromatic carbocycles. The van der Waals surface area contributed by atoms with Gasteiger partial charge in [-0.1, -0.05) is 37.1 Å². The zero-order valence-electron chi connectivity index (χ0n) is 16.0. The normalized spacial score (nSPS) is 22.2. The number of benzene rings is 1. The van der Waals surface area contributed by atoms with Gasteiger partial charge in [0, 0.05) is 24.0 Å². The molecule has 0 N–H and O–H groups in total. The molecule has 0 bridgehead atoms. The van der Waals surface area contributed by atoms with E-state index < -0.39 is 5.97 Å². The van der Waals surface area contributed by atoms with Crippen molar-refractivity contribution >= 4 is 28.9 Å². The molecule has 1 amide bonds. The van der Waals surface area contributed by atoms with Crippen molar-refractivity contribution in [3.63, 3.8) is 0 Å². The number of ether oxygens (including phenoxy) is 1. The van der Waals surface area contributed by atoms with Gasteiger partial charge in [0.15, 0.2) is 6.61 Å². The highest BCUT2D eigenvalue weighted by molar-refractivity contribution is 5.89. The van der Waals surface area contributed by atoms with Crippen LogP contribution in [-0.2, 0) is 14.3 Å². The molecule has 2 aromatic rings. The Morgan fingerprint density at radius 2 is 1.89 bits per heavy atom. The van der Waals surface area contributed by atoms with Gasteiger partial charge in [0.25, 0.3) is 5.91 Å². The molecule has 1 aliphatic carbocycles. The predicted molar refractivity (Wildman–Crippen MR) is 108 cm³/mol. The zero-order chi connectivity index (χ0) is 19.3. The van der Waals surface area contributed by atoms with E-state index >= 15 is 0 Å². The molecule has 5 heteroatoms. The number of pyridine rings is 1. The maximum absolute atomic E-state index is 12.6. The van der Waals surface area contributed by atoms with Crippen LogP contribution in [0.3, 0.4) is 0 Å². The summed E-state index contributed by atoms with van der Waals surface area (Å²) >= 11 is 0. The first-order valence-electron chi connectivity index (χ1n) is 10.2. The van der Waals surface area contributed by atoms with Crippen LogP contribution in [0, 0.1) is 5.92 Å². The molecular formula is C23H26N2O3. The number of nitrogens with zero attached hydrogens (tertiary/aromatic N) is 2. The summed E-state index contributed by atoms with van der Waals surface area (Å²) in [7, 11) is 0. The molecule has 5 nitrogen and oxygen atoms in total. The summed E-state index contributed by atoms with van der Waals surface area (Å²) in [5.41, 5.74) is 1.56. The molecule has 2 heterocycles. The lowest BCUT2D eigenvalue weighted by Crippen LogP contribution is -2.50. The van der Waals surface area contributed by atoms with Crippen molar-refractivity contribution in [1.29, 1.82) is 0 Å². The molecule has 146 valence electrons. The average molecular weight is 378 g/mol. The van der Waals surface area contributed by atoms with Crippen LogP contribution in [0.4, 0.5) is 0 Å². The number of hydrogen-bond donors (Lipinski definition) is 0. The first-order valence-corrected chi connectivity index (χ1v) is 10.2. The van der Waals surface area contributed by atoms with Gasteiger partial charge >= 0.3 is 5.97 Å². The smallest absolute Gasteiger partial charge is 0.331 e. The lowest BCUT2D eigenvalue weighted by molar-refractivity contribution is -0.151. The second-order valence-corrected chi connectivity index (χ2v) is 7.71. The van der Waals surface area contributed by atoms with E-state index in [-0.39, 0.29) is 12.5 Å². The van der Waals surface area contributed by atoms with Crippen LogP contribution in [0.25, 0.3) is 17.0 Å². The summed E-state index contributed by atoms with van der Waals surface area (Å²) in [6.07, 6.45) is 9.98. The summed E-state index contributed by atoms with van der Waals surface area (Å²) in [5, 5.41) is 1.05. The van der Waals surface area contributed by atoms with Crippen LogP contribution in [0.2, 0.25) is 0 Å². The molecule has 2 aliphatic rings. The number of carbonyl (C=O) groups is 2. The van der Waals surface area contributed by atoms with E-state index in [4.69, 9.17) is 4.74 Å². The van der Waals surface area contributed by atoms with Crippen molar-refractivity contribution < 1.29 is 14.3 Å². The third kappa shape index (κ3) is 4.24. The third-order valence-electron chi connectivity index (χ3n) is 5.91. The van der Waals surface area contributed by atoms with Crippen molar-refractivity contribution in [3.05, 3.63) is 48.2 Å². The molecule has 28 heavy (non-hydrogen) atoms. The van der Waals surface area contributed by atoms with Crippen LogP contribution in [0.1, 0.15) is 44.2 Å². The van der Waals surface area contributed by atoms with E-state index in [9.17, 15) is 9.59 Å². The van der Waals surface area contributed by atoms with Crippen LogP contribution in [0.5, 0.6) is 0 Å². The summed E-state index contributed by atoms with van der Waals surface area (Å²) in [5.74, 6) is 0.0451. The van der Waals surface area contributed by atoms with Gasteiger partial charge in [0.1, 0.15) is 0 Å². The Bertz CT molecular complexity index is 890. The Morgan fingerprint density at radius 1 is 1.07 bits per heavy atom. The summed E-state index contributed by atoms with van der Waals surface area (Å²) < 4.78 is 5.20. The number of carbonyl (C=O) groups excluding carboxylic acids is 2. The number of amides is 1. The number of hydrogen-bond acceptors (Lipinski definition) is 4. The molecule has 1 aromatic heterocycles. The van der Waals surface area contributed by atoms with Gasteiger partial charge in [-0.25, -0.2) is 9.78 Å². The number of para-hydroxylation sites is 1. The molecule has 0 spiro atoms. The van der Waals surface area contributed by atoms with E-state index in [2.05, 4.69) is 4.98 Å². The van der Waals surface area contributed by atoms with Crippen molar-refractivity contribution in [2.24, 2.45) is 5.92 Å². The standard InChI is InChI=1S/C23H26N2O3/c26-22(25-15-5-8-18-7-2-4-10-21(18)25)16-28-23(27)14-13-19-12-11-17-6-1-3-9-20(17)24-19/h1,3,6,9,11-14,18,21H,2,4-5,7-8,10,15-16H2/b14-13+/t18-,21-/m1/s1. The van der Waals surface area contributed by atoms with Crippen molar-refractivity contribution in [3.8, 4) is 0 Å². The highest BCUT2D eigenvalue weighted by Gasteiger charge is 2.35. The van der Waals surface area contributed by atoms with E-state index in [1.807, 2.05) is 41.3 Å². The Hall–Kier alpha value is -2.69. The minimum absolute atomic E-state index is 0.0674. The maximum Gasteiger partial charge on any atom is 0.331 e. The molecule has 1 aliphatic heterocycles. The molecule has 4 rings (SSSR count). The molecule has 1 saturated heterocycles. The highest BCUT2D eigenvalue weighted by atomic mass is 16.5. The molecule has 1 saturated carbocycles. The number of piperidine rings is 1. The van der Waals surface area contributed by atoms with E-state index in [0.29, 0.717) is 17.7 Å². The average Bonchev–Trinajstić information content (AvgIpc) is 2.75. The highest BCUT2D eigenvalue weighted by Crippen LogP contribution is 2.35. The lowest BCUT2D eigenvalue weighted by atomic mass is 9.78. The predicted octanol–water partition coefficient (Wildman–Crippen LogP) is 3.97. The van der Waals surface area contributed by atoms with Crippen LogP contribution >= 0.6 is 0 Å². The fraction of sp³-hybridized carbons (Fsp3) is 0.435. The lowest BCUT2D eigenvalue weighted by Gasteiger charge is -2.44. The monoisotopic (exact) mass is 378 g/mol. The molecule has 2 fully saturated rings. The third-order valence-corrected chi connectivity index (χ3v) is 5.91. The number of esters is 1. The summed E-state index contributed by atoms with van der Waals surface area (Å²) in [4.78, 5) is 31.1. The quantitative estimate of drug-likeness (QED) is 0.597. The topological polar surface area (TPSA) is 59.5 Å². The minimum Gasteiger partial charge on any atom is -0.452 e. The summed E-state index contributed by atoms with van der Waals surface area (Å²) in [6, 6.07) is 12.0. The van der Waals surface area contributed by atoms with Crippen LogP contribution in [-0.4, -0.2) is 41.0 Å².